The SMILES string of the molecule is NC(CC(=O)O)C(=O)[O-].NC(CC(=O)O)C(=O)[O-].NC(CC(=O)O)C(=O)[O-].[K+].[Mg+2]. The van der Waals surface area contributed by atoms with E-state index in [1.165, 1.54) is 0 Å². The molecule has 0 rings (SSSR count). The Labute approximate surface area is 222 Å². The fourth-order valence-electron chi connectivity index (χ4n) is 0.814. The molecule has 0 aliphatic rings. The van der Waals surface area contributed by atoms with Crippen LogP contribution in [0.25, 0.3) is 0 Å². The smallest absolute Gasteiger partial charge is 0.548 e. The van der Waals surface area contributed by atoms with Crippen molar-refractivity contribution in [2.24, 2.45) is 17.2 Å². The van der Waals surface area contributed by atoms with Crippen LogP contribution in [0.5, 0.6) is 0 Å². The Morgan fingerprint density at radius 2 is 0.724 bits per heavy atom. The summed E-state index contributed by atoms with van der Waals surface area (Å²) in [7, 11) is 0. The number of hydrogen-bond donors (Lipinski definition) is 6. The van der Waals surface area contributed by atoms with Gasteiger partial charge in [0.25, 0.3) is 0 Å². The van der Waals surface area contributed by atoms with Crippen molar-refractivity contribution in [2.45, 2.75) is 37.4 Å². The summed E-state index contributed by atoms with van der Waals surface area (Å²) >= 11 is 0. The maximum atomic E-state index is 9.74. The van der Waals surface area contributed by atoms with Gasteiger partial charge in [0.05, 0.1) is 55.3 Å². The number of carboxylic acids is 6. The molecule has 9 N–H and O–H groups in total. The summed E-state index contributed by atoms with van der Waals surface area (Å²) in [4.78, 5) is 58.4. The summed E-state index contributed by atoms with van der Waals surface area (Å²) < 4.78 is 0. The molecule has 156 valence electrons. The first kappa shape index (κ1) is 38.7. The van der Waals surface area contributed by atoms with Gasteiger partial charge in [-0.3, -0.25) is 14.4 Å². The van der Waals surface area contributed by atoms with Gasteiger partial charge in [0.1, 0.15) is 0 Å². The Morgan fingerprint density at radius 1 is 0.586 bits per heavy atom. The van der Waals surface area contributed by atoms with E-state index in [2.05, 4.69) is 0 Å². The molecule has 0 saturated carbocycles. The Balaban J connectivity index is -0.0000000960. The number of carbonyl (C=O) groups is 6. The van der Waals surface area contributed by atoms with Crippen molar-refractivity contribution in [3.05, 3.63) is 0 Å². The number of carboxylic acid groups (broad SMARTS) is 6. The molecule has 0 bridgehead atoms. The number of aliphatic carboxylic acids is 6. The molecule has 0 spiro atoms. The third-order valence-corrected chi connectivity index (χ3v) is 2.09. The average Bonchev–Trinajstić information content (AvgIpc) is 2.46. The molecular weight excluding hydrogens is 442 g/mol. The zero-order valence-electron chi connectivity index (χ0n) is 15.3. The quantitative estimate of drug-likeness (QED) is 0.174. The van der Waals surface area contributed by atoms with Gasteiger partial charge in [0, 0.05) is 0 Å². The summed E-state index contributed by atoms with van der Waals surface area (Å²) in [6, 6.07) is -4.20. The summed E-state index contributed by atoms with van der Waals surface area (Å²) in [6.07, 6.45) is -1.78. The summed E-state index contributed by atoms with van der Waals surface area (Å²) in [5.41, 5.74) is 14.3. The Kier molecular flexibility index (Phi) is 29.1. The minimum Gasteiger partial charge on any atom is -0.548 e. The van der Waals surface area contributed by atoms with Crippen LogP contribution in [0.4, 0.5) is 0 Å². The second-order valence-electron chi connectivity index (χ2n) is 4.57. The van der Waals surface area contributed by atoms with Gasteiger partial charge in [-0.05, 0) is 0 Å². The van der Waals surface area contributed by atoms with Crippen LogP contribution < -0.4 is 83.9 Å². The van der Waals surface area contributed by atoms with Crippen LogP contribution in [0.15, 0.2) is 0 Å². The summed E-state index contributed by atoms with van der Waals surface area (Å²) in [5.74, 6) is -8.36. The van der Waals surface area contributed by atoms with Gasteiger partial charge < -0.3 is 62.2 Å². The van der Waals surface area contributed by atoms with E-state index in [1.807, 2.05) is 0 Å². The number of nitrogens with two attached hydrogens (primary N) is 3. The van der Waals surface area contributed by atoms with E-state index < -0.39 is 73.2 Å². The van der Waals surface area contributed by atoms with E-state index in [9.17, 15) is 44.1 Å². The topological polar surface area (TPSA) is 310 Å². The van der Waals surface area contributed by atoms with Crippen molar-refractivity contribution in [3.63, 3.8) is 0 Å². The molecular formula is C12H18KMgN3O12. The molecule has 0 radical (unpaired) electrons. The van der Waals surface area contributed by atoms with Gasteiger partial charge in [-0.1, -0.05) is 0 Å². The molecule has 0 aromatic heterocycles. The normalized spacial score (nSPS) is 11.7. The molecule has 0 aromatic rings. The van der Waals surface area contributed by atoms with Crippen molar-refractivity contribution in [3.8, 4) is 0 Å². The van der Waals surface area contributed by atoms with Crippen LogP contribution in [0.1, 0.15) is 19.3 Å². The molecule has 3 unspecified atom stereocenters. The van der Waals surface area contributed by atoms with Gasteiger partial charge >= 0.3 is 92.3 Å². The number of carbonyl (C=O) groups excluding carboxylic acids is 3. The summed E-state index contributed by atoms with van der Waals surface area (Å²) in [5, 5.41) is 53.1. The maximum Gasteiger partial charge on any atom is 2.00 e. The predicted molar refractivity (Wildman–Crippen MR) is 81.5 cm³/mol. The monoisotopic (exact) mass is 459 g/mol. The second-order valence-corrected chi connectivity index (χ2v) is 4.57. The van der Waals surface area contributed by atoms with Crippen LogP contribution in [0, 0.1) is 0 Å². The van der Waals surface area contributed by atoms with E-state index in [0.29, 0.717) is 0 Å². The van der Waals surface area contributed by atoms with Gasteiger partial charge in [-0.15, -0.1) is 0 Å². The molecule has 3 atom stereocenters. The number of rotatable bonds is 9. The second kappa shape index (κ2) is 21.8. The van der Waals surface area contributed by atoms with Crippen molar-refractivity contribution in [1.82, 2.24) is 0 Å². The third-order valence-electron chi connectivity index (χ3n) is 2.09. The van der Waals surface area contributed by atoms with E-state index in [1.54, 1.807) is 0 Å². The molecule has 0 aromatic carbocycles. The Bertz CT molecular complexity index is 486. The molecule has 0 saturated heterocycles. The zero-order valence-corrected chi connectivity index (χ0v) is 19.8. The van der Waals surface area contributed by atoms with Gasteiger partial charge in [-0.2, -0.15) is 0 Å². The Morgan fingerprint density at radius 3 is 0.759 bits per heavy atom. The third kappa shape index (κ3) is 32.0. The van der Waals surface area contributed by atoms with E-state index in [-0.39, 0.29) is 74.4 Å². The molecule has 29 heavy (non-hydrogen) atoms. The first-order valence-electron chi connectivity index (χ1n) is 6.66. The molecule has 0 heterocycles. The van der Waals surface area contributed by atoms with E-state index in [4.69, 9.17) is 32.5 Å². The van der Waals surface area contributed by atoms with Crippen LogP contribution in [-0.4, -0.2) is 92.3 Å². The van der Waals surface area contributed by atoms with Gasteiger partial charge in [0.2, 0.25) is 0 Å². The van der Waals surface area contributed by atoms with E-state index >= 15 is 0 Å². The number of hydrogen-bond acceptors (Lipinski definition) is 12. The molecule has 0 aliphatic carbocycles. The summed E-state index contributed by atoms with van der Waals surface area (Å²) in [6.45, 7) is 0. The molecule has 0 aliphatic heterocycles. The minimum atomic E-state index is -1.54. The first-order chi connectivity index (χ1) is 12.1. The Hall–Kier alpha value is -0.897. The van der Waals surface area contributed by atoms with Crippen molar-refractivity contribution in [2.75, 3.05) is 0 Å². The largest absolute Gasteiger partial charge is 2.00 e. The maximum absolute atomic E-state index is 9.74. The van der Waals surface area contributed by atoms with Crippen molar-refractivity contribution >= 4 is 58.9 Å². The van der Waals surface area contributed by atoms with Crippen LogP contribution in [0.3, 0.4) is 0 Å². The fraction of sp³-hybridized carbons (Fsp3) is 0.500. The fourth-order valence-corrected chi connectivity index (χ4v) is 0.814. The first-order valence-corrected chi connectivity index (χ1v) is 6.66. The van der Waals surface area contributed by atoms with Crippen molar-refractivity contribution in [1.29, 1.82) is 0 Å². The minimum absolute atomic E-state index is 0. The molecule has 17 heteroatoms. The zero-order chi connectivity index (χ0) is 22.3. The van der Waals surface area contributed by atoms with Gasteiger partial charge in [0.15, 0.2) is 0 Å². The average molecular weight is 460 g/mol. The predicted octanol–water partition coefficient (Wildman–Crippen LogP) is -10.8. The van der Waals surface area contributed by atoms with Crippen LogP contribution in [0.2, 0.25) is 0 Å². The molecule has 0 fully saturated rings. The molecule has 0 amide bonds. The van der Waals surface area contributed by atoms with Crippen LogP contribution in [-0.2, 0) is 28.8 Å². The van der Waals surface area contributed by atoms with Crippen LogP contribution >= 0.6 is 0 Å². The van der Waals surface area contributed by atoms with Gasteiger partial charge in [-0.25, -0.2) is 0 Å². The standard InChI is InChI=1S/3C4H7NO4.K.Mg/c3*5-2(4(8)9)1-3(6)7;;/h3*2H,1,5H2,(H,6,7)(H,8,9);;/q;;;+1;+2/p-3. The van der Waals surface area contributed by atoms with E-state index in [0.717, 1.165) is 0 Å². The van der Waals surface area contributed by atoms with Crippen molar-refractivity contribution < 1.29 is 111 Å². The molecule has 15 nitrogen and oxygen atoms in total.